The summed E-state index contributed by atoms with van der Waals surface area (Å²) < 4.78 is 5.77. The highest BCUT2D eigenvalue weighted by Gasteiger charge is 2.41. The maximum Gasteiger partial charge on any atom is 0.109 e. The third-order valence-corrected chi connectivity index (χ3v) is 4.76. The lowest BCUT2D eigenvalue weighted by atomic mass is 9.86. The van der Waals surface area contributed by atoms with E-state index in [-0.39, 0.29) is 5.54 Å². The van der Waals surface area contributed by atoms with Gasteiger partial charge in [0.05, 0.1) is 18.3 Å². The summed E-state index contributed by atoms with van der Waals surface area (Å²) in [6.45, 7) is 7.43. The summed E-state index contributed by atoms with van der Waals surface area (Å²) in [4.78, 5) is 2.49. The Bertz CT molecular complexity index is 331. The van der Waals surface area contributed by atoms with Crippen molar-refractivity contribution in [2.45, 2.75) is 57.3 Å². The van der Waals surface area contributed by atoms with Crippen molar-refractivity contribution in [2.24, 2.45) is 5.92 Å². The molecule has 108 valence electrons. The van der Waals surface area contributed by atoms with Crippen molar-refractivity contribution in [1.29, 1.82) is 5.26 Å². The Morgan fingerprint density at radius 1 is 1.37 bits per heavy atom. The molecule has 0 bridgehead atoms. The Morgan fingerprint density at radius 3 is 2.63 bits per heavy atom. The van der Waals surface area contributed by atoms with Gasteiger partial charge in [-0.15, -0.1) is 0 Å². The molecule has 2 rings (SSSR count). The van der Waals surface area contributed by atoms with Gasteiger partial charge < -0.3 is 10.1 Å². The van der Waals surface area contributed by atoms with Gasteiger partial charge in [0, 0.05) is 13.1 Å². The van der Waals surface area contributed by atoms with Crippen LogP contribution in [0.15, 0.2) is 0 Å². The molecule has 2 aliphatic rings. The standard InChI is InChI=1S/C15H27N3O/c1-12-9-18(10-13(2)19-12)8-6-14-5-4-7-15(14,11-16)17-3/h12-14,17H,4-10H2,1-3H3/t12-,13+,14?,15?. The number of ether oxygens (including phenoxy) is 1. The zero-order valence-electron chi connectivity index (χ0n) is 12.5. The molecule has 1 N–H and O–H groups in total. The van der Waals surface area contributed by atoms with Crippen LogP contribution in [0.5, 0.6) is 0 Å². The number of morpholine rings is 1. The quantitative estimate of drug-likeness (QED) is 0.841. The molecule has 1 heterocycles. The maximum atomic E-state index is 9.46. The molecular weight excluding hydrogens is 238 g/mol. The van der Waals surface area contributed by atoms with Crippen molar-refractivity contribution in [2.75, 3.05) is 26.7 Å². The van der Waals surface area contributed by atoms with E-state index >= 15 is 0 Å². The molecule has 0 amide bonds. The molecule has 2 unspecified atom stereocenters. The van der Waals surface area contributed by atoms with E-state index in [1.54, 1.807) is 0 Å². The van der Waals surface area contributed by atoms with Crippen LogP contribution in [0, 0.1) is 17.2 Å². The second kappa shape index (κ2) is 6.21. The maximum absolute atomic E-state index is 9.46. The van der Waals surface area contributed by atoms with Gasteiger partial charge in [-0.1, -0.05) is 6.42 Å². The zero-order chi connectivity index (χ0) is 13.9. The van der Waals surface area contributed by atoms with Crippen LogP contribution in [0.3, 0.4) is 0 Å². The molecule has 0 radical (unpaired) electrons. The van der Waals surface area contributed by atoms with Crippen molar-refractivity contribution in [1.82, 2.24) is 10.2 Å². The lowest BCUT2D eigenvalue weighted by Crippen LogP contribution is -2.48. The van der Waals surface area contributed by atoms with E-state index < -0.39 is 0 Å². The molecule has 0 aromatic heterocycles. The highest BCUT2D eigenvalue weighted by molar-refractivity contribution is 5.13. The molecule has 1 aliphatic carbocycles. The van der Waals surface area contributed by atoms with Crippen molar-refractivity contribution in [3.05, 3.63) is 0 Å². The summed E-state index contributed by atoms with van der Waals surface area (Å²) in [5.41, 5.74) is -0.274. The molecule has 0 aromatic rings. The first-order chi connectivity index (χ1) is 9.09. The predicted molar refractivity (Wildman–Crippen MR) is 75.8 cm³/mol. The van der Waals surface area contributed by atoms with Gasteiger partial charge in [0.1, 0.15) is 5.54 Å². The smallest absolute Gasteiger partial charge is 0.109 e. The molecule has 4 atom stereocenters. The zero-order valence-corrected chi connectivity index (χ0v) is 12.5. The normalized spacial score (nSPS) is 40.2. The van der Waals surface area contributed by atoms with Crippen LogP contribution < -0.4 is 5.32 Å². The van der Waals surface area contributed by atoms with Gasteiger partial charge in [-0.2, -0.15) is 5.26 Å². The van der Waals surface area contributed by atoms with Crippen LogP contribution in [0.2, 0.25) is 0 Å². The van der Waals surface area contributed by atoms with Gasteiger partial charge in [0.15, 0.2) is 0 Å². The number of rotatable bonds is 4. The average molecular weight is 265 g/mol. The van der Waals surface area contributed by atoms with E-state index in [2.05, 4.69) is 30.1 Å². The predicted octanol–water partition coefficient (Wildman–Crippen LogP) is 1.77. The van der Waals surface area contributed by atoms with Crippen molar-refractivity contribution >= 4 is 0 Å². The third kappa shape index (κ3) is 3.28. The molecule has 0 spiro atoms. The van der Waals surface area contributed by atoms with E-state index in [1.807, 2.05) is 7.05 Å². The number of hydrogen-bond donors (Lipinski definition) is 1. The molecular formula is C15H27N3O. The third-order valence-electron chi connectivity index (χ3n) is 4.76. The number of hydrogen-bond acceptors (Lipinski definition) is 4. The van der Waals surface area contributed by atoms with Crippen LogP contribution in [-0.4, -0.2) is 49.3 Å². The Kier molecular flexibility index (Phi) is 4.83. The Labute approximate surface area is 117 Å². The highest BCUT2D eigenvalue weighted by atomic mass is 16.5. The molecule has 1 saturated carbocycles. The first-order valence-electron chi connectivity index (χ1n) is 7.57. The highest BCUT2D eigenvalue weighted by Crippen LogP contribution is 2.37. The Balaban J connectivity index is 1.86. The SMILES string of the molecule is CNC1(C#N)CCCC1CCN1C[C@@H](C)O[C@@H](C)C1. The van der Waals surface area contributed by atoms with Gasteiger partial charge in [-0.3, -0.25) is 4.90 Å². The fourth-order valence-corrected chi connectivity index (χ4v) is 3.81. The minimum atomic E-state index is -0.274. The summed E-state index contributed by atoms with van der Waals surface area (Å²) in [5.74, 6) is 0.496. The van der Waals surface area contributed by atoms with Gasteiger partial charge >= 0.3 is 0 Å². The minimum absolute atomic E-state index is 0.274. The average Bonchev–Trinajstić information content (AvgIpc) is 2.78. The van der Waals surface area contributed by atoms with E-state index in [0.29, 0.717) is 18.1 Å². The monoisotopic (exact) mass is 265 g/mol. The van der Waals surface area contributed by atoms with Crippen LogP contribution in [0.25, 0.3) is 0 Å². The van der Waals surface area contributed by atoms with Crippen molar-refractivity contribution in [3.8, 4) is 6.07 Å². The number of nitrogens with one attached hydrogen (secondary N) is 1. The summed E-state index contributed by atoms with van der Waals surface area (Å²) in [6, 6.07) is 2.53. The second-order valence-corrected chi connectivity index (χ2v) is 6.23. The molecule has 4 heteroatoms. The van der Waals surface area contributed by atoms with E-state index in [0.717, 1.165) is 32.5 Å². The molecule has 0 aromatic carbocycles. The summed E-state index contributed by atoms with van der Waals surface area (Å²) >= 11 is 0. The molecule has 2 fully saturated rings. The van der Waals surface area contributed by atoms with Crippen molar-refractivity contribution < 1.29 is 4.74 Å². The van der Waals surface area contributed by atoms with Crippen LogP contribution in [0.1, 0.15) is 39.5 Å². The number of nitrogens with zero attached hydrogens (tertiary/aromatic N) is 2. The lowest BCUT2D eigenvalue weighted by molar-refractivity contribution is -0.0692. The Hall–Kier alpha value is -0.630. The van der Waals surface area contributed by atoms with E-state index in [1.165, 1.54) is 12.8 Å². The van der Waals surface area contributed by atoms with Gasteiger partial charge in [-0.25, -0.2) is 0 Å². The second-order valence-electron chi connectivity index (χ2n) is 6.23. The molecule has 1 saturated heterocycles. The Morgan fingerprint density at radius 2 is 2.05 bits per heavy atom. The number of nitriles is 1. The summed E-state index contributed by atoms with van der Waals surface area (Å²) in [7, 11) is 1.93. The molecule has 19 heavy (non-hydrogen) atoms. The van der Waals surface area contributed by atoms with E-state index in [9.17, 15) is 5.26 Å². The van der Waals surface area contributed by atoms with Crippen LogP contribution in [-0.2, 0) is 4.74 Å². The summed E-state index contributed by atoms with van der Waals surface area (Å²) in [5, 5.41) is 12.7. The molecule has 1 aliphatic heterocycles. The first kappa shape index (κ1) is 14.8. The molecule has 4 nitrogen and oxygen atoms in total. The fraction of sp³-hybridized carbons (Fsp3) is 0.933. The van der Waals surface area contributed by atoms with Crippen molar-refractivity contribution in [3.63, 3.8) is 0 Å². The van der Waals surface area contributed by atoms with Gasteiger partial charge in [0.25, 0.3) is 0 Å². The van der Waals surface area contributed by atoms with E-state index in [4.69, 9.17) is 4.74 Å². The van der Waals surface area contributed by atoms with Crippen LogP contribution in [0.4, 0.5) is 0 Å². The fourth-order valence-electron chi connectivity index (χ4n) is 3.81. The largest absolute Gasteiger partial charge is 0.373 e. The topological polar surface area (TPSA) is 48.3 Å². The lowest BCUT2D eigenvalue weighted by Gasteiger charge is -2.37. The van der Waals surface area contributed by atoms with Crippen LogP contribution >= 0.6 is 0 Å². The van der Waals surface area contributed by atoms with Gasteiger partial charge in [-0.05, 0) is 52.6 Å². The first-order valence-corrected chi connectivity index (χ1v) is 7.57. The van der Waals surface area contributed by atoms with Gasteiger partial charge in [0.2, 0.25) is 0 Å². The minimum Gasteiger partial charge on any atom is -0.373 e. The summed E-state index contributed by atoms with van der Waals surface area (Å²) in [6.07, 6.45) is 5.14.